The van der Waals surface area contributed by atoms with E-state index in [4.69, 9.17) is 10.00 Å². The molecule has 104 valence electrons. The van der Waals surface area contributed by atoms with Crippen LogP contribution in [0.3, 0.4) is 0 Å². The number of nitriles is 1. The minimum atomic E-state index is 0.0952. The third-order valence-electron chi connectivity index (χ3n) is 3.46. The molecular formula is C16H24N2O. The van der Waals surface area contributed by atoms with Crippen molar-refractivity contribution in [2.75, 3.05) is 13.2 Å². The SMILES string of the molecule is CC(CNCc1cccc(OCC#N)c1)C(C)(C)C. The quantitative estimate of drug-likeness (QED) is 0.853. The molecule has 1 aromatic rings. The van der Waals surface area contributed by atoms with E-state index in [1.54, 1.807) is 0 Å². The average Bonchev–Trinajstić information content (AvgIpc) is 2.35. The fourth-order valence-corrected chi connectivity index (χ4v) is 1.60. The van der Waals surface area contributed by atoms with Gasteiger partial charge in [-0.15, -0.1) is 0 Å². The first-order valence-electron chi connectivity index (χ1n) is 6.73. The van der Waals surface area contributed by atoms with Crippen molar-refractivity contribution < 1.29 is 4.74 Å². The van der Waals surface area contributed by atoms with Gasteiger partial charge in [0.25, 0.3) is 0 Å². The van der Waals surface area contributed by atoms with Gasteiger partial charge in [0.15, 0.2) is 6.61 Å². The van der Waals surface area contributed by atoms with Crippen molar-refractivity contribution in [3.8, 4) is 11.8 Å². The molecule has 1 rings (SSSR count). The van der Waals surface area contributed by atoms with Gasteiger partial charge in [0.2, 0.25) is 0 Å². The number of hydrogen-bond donors (Lipinski definition) is 1. The highest BCUT2D eigenvalue weighted by Crippen LogP contribution is 2.24. The van der Waals surface area contributed by atoms with Crippen LogP contribution in [0.1, 0.15) is 33.3 Å². The van der Waals surface area contributed by atoms with Crippen LogP contribution in [0, 0.1) is 22.7 Å². The third-order valence-corrected chi connectivity index (χ3v) is 3.46. The van der Waals surface area contributed by atoms with Gasteiger partial charge in [0.1, 0.15) is 11.8 Å². The van der Waals surface area contributed by atoms with Crippen LogP contribution in [-0.2, 0) is 6.54 Å². The Balaban J connectivity index is 2.43. The van der Waals surface area contributed by atoms with Crippen molar-refractivity contribution in [1.82, 2.24) is 5.32 Å². The fourth-order valence-electron chi connectivity index (χ4n) is 1.60. The highest BCUT2D eigenvalue weighted by atomic mass is 16.5. The minimum Gasteiger partial charge on any atom is -0.479 e. The summed E-state index contributed by atoms with van der Waals surface area (Å²) in [5, 5.41) is 12.0. The first kappa shape index (κ1) is 15.5. The van der Waals surface area contributed by atoms with E-state index in [-0.39, 0.29) is 6.61 Å². The lowest BCUT2D eigenvalue weighted by Crippen LogP contribution is -2.29. The minimum absolute atomic E-state index is 0.0952. The second kappa shape index (κ2) is 7.16. The Morgan fingerprint density at radius 1 is 1.37 bits per heavy atom. The second-order valence-corrected chi connectivity index (χ2v) is 5.99. The van der Waals surface area contributed by atoms with E-state index in [1.165, 1.54) is 5.56 Å². The van der Waals surface area contributed by atoms with Crippen LogP contribution >= 0.6 is 0 Å². The Kier molecular flexibility index (Phi) is 5.85. The Bertz CT molecular complexity index is 429. The maximum Gasteiger partial charge on any atom is 0.174 e. The smallest absolute Gasteiger partial charge is 0.174 e. The highest BCUT2D eigenvalue weighted by Gasteiger charge is 2.19. The van der Waals surface area contributed by atoms with Gasteiger partial charge in [-0.3, -0.25) is 0 Å². The van der Waals surface area contributed by atoms with Gasteiger partial charge in [-0.25, -0.2) is 0 Å². The molecule has 0 spiro atoms. The molecular weight excluding hydrogens is 236 g/mol. The lowest BCUT2D eigenvalue weighted by Gasteiger charge is -2.27. The lowest BCUT2D eigenvalue weighted by atomic mass is 9.82. The van der Waals surface area contributed by atoms with Crippen LogP contribution in [0.5, 0.6) is 5.75 Å². The summed E-state index contributed by atoms with van der Waals surface area (Å²) in [6, 6.07) is 9.84. The normalized spacial score (nSPS) is 12.8. The van der Waals surface area contributed by atoms with E-state index in [9.17, 15) is 0 Å². The van der Waals surface area contributed by atoms with Crippen molar-refractivity contribution >= 4 is 0 Å². The molecule has 1 unspecified atom stereocenters. The molecule has 0 fully saturated rings. The van der Waals surface area contributed by atoms with Crippen LogP contribution in [0.25, 0.3) is 0 Å². The second-order valence-electron chi connectivity index (χ2n) is 5.99. The molecule has 0 bridgehead atoms. The van der Waals surface area contributed by atoms with Crippen molar-refractivity contribution in [2.45, 2.75) is 34.2 Å². The molecule has 0 aromatic heterocycles. The van der Waals surface area contributed by atoms with Crippen molar-refractivity contribution in [1.29, 1.82) is 5.26 Å². The summed E-state index contributed by atoms with van der Waals surface area (Å²) in [5.74, 6) is 1.37. The van der Waals surface area contributed by atoms with E-state index >= 15 is 0 Å². The van der Waals surface area contributed by atoms with E-state index in [0.29, 0.717) is 11.3 Å². The molecule has 1 aromatic carbocycles. The Hall–Kier alpha value is -1.53. The van der Waals surface area contributed by atoms with E-state index < -0.39 is 0 Å². The van der Waals surface area contributed by atoms with Crippen molar-refractivity contribution in [3.05, 3.63) is 29.8 Å². The monoisotopic (exact) mass is 260 g/mol. The first-order valence-corrected chi connectivity index (χ1v) is 6.73. The number of ether oxygens (including phenoxy) is 1. The zero-order valence-corrected chi connectivity index (χ0v) is 12.4. The number of hydrogen-bond acceptors (Lipinski definition) is 3. The fraction of sp³-hybridized carbons (Fsp3) is 0.562. The Morgan fingerprint density at radius 3 is 2.74 bits per heavy atom. The van der Waals surface area contributed by atoms with Crippen LogP contribution in [0.4, 0.5) is 0 Å². The lowest BCUT2D eigenvalue weighted by molar-refractivity contribution is 0.252. The maximum absolute atomic E-state index is 8.49. The molecule has 0 aliphatic carbocycles. The summed E-state index contributed by atoms with van der Waals surface area (Å²) in [4.78, 5) is 0. The summed E-state index contributed by atoms with van der Waals surface area (Å²) in [5.41, 5.74) is 1.50. The third kappa shape index (κ3) is 5.76. The summed E-state index contributed by atoms with van der Waals surface area (Å²) in [7, 11) is 0. The molecule has 0 aliphatic heterocycles. The van der Waals surface area contributed by atoms with Crippen LogP contribution in [0.2, 0.25) is 0 Å². The number of benzene rings is 1. The molecule has 0 radical (unpaired) electrons. The van der Waals surface area contributed by atoms with E-state index in [2.05, 4.69) is 39.1 Å². The van der Waals surface area contributed by atoms with Gasteiger partial charge in [0.05, 0.1) is 0 Å². The summed E-state index contributed by atoms with van der Waals surface area (Å²) in [6.45, 7) is 11.0. The molecule has 3 nitrogen and oxygen atoms in total. The van der Waals surface area contributed by atoms with Crippen LogP contribution < -0.4 is 10.1 Å². The van der Waals surface area contributed by atoms with Crippen molar-refractivity contribution in [2.24, 2.45) is 11.3 Å². The predicted octanol–water partition coefficient (Wildman–Crippen LogP) is 3.36. The standard InChI is InChI=1S/C16H24N2O/c1-13(16(2,3)4)11-18-12-14-6-5-7-15(10-14)19-9-8-17/h5-7,10,13,18H,9,11-12H2,1-4H3. The number of rotatable bonds is 6. The Morgan fingerprint density at radius 2 is 2.11 bits per heavy atom. The van der Waals surface area contributed by atoms with Crippen molar-refractivity contribution in [3.63, 3.8) is 0 Å². The largest absolute Gasteiger partial charge is 0.479 e. The molecule has 1 atom stereocenters. The molecule has 3 heteroatoms. The molecule has 0 aliphatic rings. The van der Waals surface area contributed by atoms with Gasteiger partial charge in [-0.2, -0.15) is 5.26 Å². The van der Waals surface area contributed by atoms with Gasteiger partial charge >= 0.3 is 0 Å². The molecule has 0 amide bonds. The maximum atomic E-state index is 8.49. The van der Waals surface area contributed by atoms with Gasteiger partial charge < -0.3 is 10.1 Å². The average molecular weight is 260 g/mol. The van der Waals surface area contributed by atoms with Gasteiger partial charge in [-0.05, 0) is 35.6 Å². The summed E-state index contributed by atoms with van der Waals surface area (Å²) in [6.07, 6.45) is 0. The van der Waals surface area contributed by atoms with Gasteiger partial charge in [-0.1, -0.05) is 39.8 Å². The van der Waals surface area contributed by atoms with Crippen LogP contribution in [0.15, 0.2) is 24.3 Å². The molecule has 0 saturated carbocycles. The number of nitrogens with one attached hydrogen (secondary N) is 1. The number of nitrogens with zero attached hydrogens (tertiary/aromatic N) is 1. The topological polar surface area (TPSA) is 45.0 Å². The predicted molar refractivity (Wildman–Crippen MR) is 77.9 cm³/mol. The Labute approximate surface area is 116 Å². The molecule has 19 heavy (non-hydrogen) atoms. The van der Waals surface area contributed by atoms with E-state index in [1.807, 2.05) is 24.3 Å². The first-order chi connectivity index (χ1) is 8.93. The molecule has 0 saturated heterocycles. The van der Waals surface area contributed by atoms with E-state index in [0.717, 1.165) is 18.8 Å². The van der Waals surface area contributed by atoms with Crippen LogP contribution in [-0.4, -0.2) is 13.2 Å². The zero-order valence-electron chi connectivity index (χ0n) is 12.4. The summed E-state index contributed by atoms with van der Waals surface area (Å²) >= 11 is 0. The molecule has 1 N–H and O–H groups in total. The summed E-state index contributed by atoms with van der Waals surface area (Å²) < 4.78 is 5.29. The highest BCUT2D eigenvalue weighted by molar-refractivity contribution is 5.28. The zero-order chi connectivity index (χ0) is 14.3. The van der Waals surface area contributed by atoms with Gasteiger partial charge in [0, 0.05) is 6.54 Å². The molecule has 0 heterocycles.